The summed E-state index contributed by atoms with van der Waals surface area (Å²) in [4.78, 5) is 0. The van der Waals surface area contributed by atoms with Crippen molar-refractivity contribution in [3.63, 3.8) is 0 Å². The van der Waals surface area contributed by atoms with Gasteiger partial charge in [0, 0.05) is 5.69 Å². The van der Waals surface area contributed by atoms with E-state index in [0.29, 0.717) is 5.75 Å². The van der Waals surface area contributed by atoms with Crippen LogP contribution in [0.3, 0.4) is 0 Å². The van der Waals surface area contributed by atoms with Crippen LogP contribution in [0.5, 0.6) is 11.5 Å². The van der Waals surface area contributed by atoms with Crippen LogP contribution in [-0.4, -0.2) is 10.2 Å². The number of benzene rings is 1. The van der Waals surface area contributed by atoms with Crippen LogP contribution in [0.15, 0.2) is 36.7 Å². The van der Waals surface area contributed by atoms with Gasteiger partial charge in [-0.2, -0.15) is 5.10 Å². The number of aromatic nitrogens is 2. The molecule has 2 rings (SSSR count). The summed E-state index contributed by atoms with van der Waals surface area (Å²) in [5.74, 6) is 1.43. The highest BCUT2D eigenvalue weighted by atomic mass is 16.5. The van der Waals surface area contributed by atoms with Crippen LogP contribution >= 0.6 is 0 Å². The van der Waals surface area contributed by atoms with Crippen molar-refractivity contribution in [1.29, 1.82) is 0 Å². The van der Waals surface area contributed by atoms with Crippen LogP contribution in [0.25, 0.3) is 0 Å². The van der Waals surface area contributed by atoms with Gasteiger partial charge < -0.3 is 10.5 Å². The molecule has 0 spiro atoms. The van der Waals surface area contributed by atoms with Gasteiger partial charge in [0.25, 0.3) is 0 Å². The Bertz CT molecular complexity index is 366. The Morgan fingerprint density at radius 1 is 1.15 bits per heavy atom. The maximum absolute atomic E-state index is 5.53. The number of hydrogen-bond acceptors (Lipinski definition) is 3. The standard InChI is InChI=1S/C9H9N3O/c10-7-1-3-8(4-2-7)13-9-5-11-12-6-9/h1-6H,10H2,(H,11,12). The molecule has 0 aliphatic rings. The third-order valence-electron chi connectivity index (χ3n) is 1.59. The first-order valence-electron chi connectivity index (χ1n) is 3.87. The lowest BCUT2D eigenvalue weighted by Crippen LogP contribution is -1.85. The summed E-state index contributed by atoms with van der Waals surface area (Å²) in [5, 5.41) is 6.42. The first-order valence-corrected chi connectivity index (χ1v) is 3.87. The van der Waals surface area contributed by atoms with Gasteiger partial charge in [-0.25, -0.2) is 0 Å². The van der Waals surface area contributed by atoms with Crippen molar-refractivity contribution >= 4 is 5.69 Å². The Balaban J connectivity index is 2.15. The fraction of sp³-hybridized carbons (Fsp3) is 0. The zero-order valence-corrected chi connectivity index (χ0v) is 6.90. The quantitative estimate of drug-likeness (QED) is 0.684. The predicted molar refractivity (Wildman–Crippen MR) is 49.5 cm³/mol. The fourth-order valence-corrected chi connectivity index (χ4v) is 0.967. The topological polar surface area (TPSA) is 63.9 Å². The lowest BCUT2D eigenvalue weighted by atomic mass is 10.3. The van der Waals surface area contributed by atoms with Crippen LogP contribution < -0.4 is 10.5 Å². The highest BCUT2D eigenvalue weighted by Crippen LogP contribution is 2.20. The third-order valence-corrected chi connectivity index (χ3v) is 1.59. The van der Waals surface area contributed by atoms with Gasteiger partial charge in [-0.05, 0) is 24.3 Å². The zero-order valence-electron chi connectivity index (χ0n) is 6.90. The van der Waals surface area contributed by atoms with Crippen molar-refractivity contribution in [2.75, 3.05) is 5.73 Å². The van der Waals surface area contributed by atoms with Crippen LogP contribution in [-0.2, 0) is 0 Å². The molecule has 2 aromatic rings. The summed E-state index contributed by atoms with van der Waals surface area (Å²) in [6, 6.07) is 7.19. The number of nitrogens with zero attached hydrogens (tertiary/aromatic N) is 1. The number of nitrogens with one attached hydrogen (secondary N) is 1. The lowest BCUT2D eigenvalue weighted by Gasteiger charge is -2.01. The molecule has 1 aromatic heterocycles. The minimum Gasteiger partial charge on any atom is -0.454 e. The van der Waals surface area contributed by atoms with Crippen LogP contribution in [0, 0.1) is 0 Å². The molecule has 0 bridgehead atoms. The number of ether oxygens (including phenoxy) is 1. The summed E-state index contributed by atoms with van der Waals surface area (Å²) in [6.45, 7) is 0. The van der Waals surface area contributed by atoms with E-state index in [1.54, 1.807) is 24.5 Å². The van der Waals surface area contributed by atoms with Crippen molar-refractivity contribution in [2.24, 2.45) is 0 Å². The molecule has 0 saturated carbocycles. The van der Waals surface area contributed by atoms with Crippen LogP contribution in [0.1, 0.15) is 0 Å². The summed E-state index contributed by atoms with van der Waals surface area (Å²) in [7, 11) is 0. The minimum atomic E-state index is 0.685. The van der Waals surface area contributed by atoms with Gasteiger partial charge in [-0.15, -0.1) is 0 Å². The number of nitrogens with two attached hydrogens (primary N) is 1. The maximum atomic E-state index is 5.53. The summed E-state index contributed by atoms with van der Waals surface area (Å²) >= 11 is 0. The van der Waals surface area contributed by atoms with Gasteiger partial charge >= 0.3 is 0 Å². The monoisotopic (exact) mass is 175 g/mol. The molecular weight excluding hydrogens is 166 g/mol. The normalized spacial score (nSPS) is 9.85. The van der Waals surface area contributed by atoms with E-state index in [-0.39, 0.29) is 0 Å². The highest BCUT2D eigenvalue weighted by molar-refractivity contribution is 5.42. The molecule has 1 aromatic carbocycles. The van der Waals surface area contributed by atoms with E-state index in [9.17, 15) is 0 Å². The van der Waals surface area contributed by atoms with Gasteiger partial charge in [-0.3, -0.25) is 5.10 Å². The van der Waals surface area contributed by atoms with Gasteiger partial charge in [0.05, 0.1) is 12.4 Å². The van der Waals surface area contributed by atoms with E-state index < -0.39 is 0 Å². The van der Waals surface area contributed by atoms with Gasteiger partial charge in [0.1, 0.15) is 5.75 Å². The third kappa shape index (κ3) is 1.79. The molecular formula is C9H9N3O. The van der Waals surface area contributed by atoms with E-state index >= 15 is 0 Å². The second-order valence-electron chi connectivity index (χ2n) is 2.61. The molecule has 0 fully saturated rings. The number of H-pyrrole nitrogens is 1. The molecule has 4 nitrogen and oxygen atoms in total. The molecule has 0 aliphatic heterocycles. The number of aromatic amines is 1. The summed E-state index contributed by atoms with van der Waals surface area (Å²) in [5.41, 5.74) is 6.25. The minimum absolute atomic E-state index is 0.685. The average Bonchev–Trinajstić information content (AvgIpc) is 2.62. The number of nitrogen functional groups attached to an aromatic ring is 1. The molecule has 0 radical (unpaired) electrons. The molecule has 0 unspecified atom stereocenters. The number of anilines is 1. The summed E-state index contributed by atoms with van der Waals surface area (Å²) in [6.07, 6.45) is 3.28. The molecule has 0 amide bonds. The maximum Gasteiger partial charge on any atom is 0.165 e. The van der Waals surface area contributed by atoms with Gasteiger partial charge in [0.15, 0.2) is 5.75 Å². The molecule has 0 saturated heterocycles. The summed E-state index contributed by atoms with van der Waals surface area (Å²) < 4.78 is 5.42. The molecule has 13 heavy (non-hydrogen) atoms. The zero-order chi connectivity index (χ0) is 9.10. The van der Waals surface area contributed by atoms with E-state index in [4.69, 9.17) is 10.5 Å². The van der Waals surface area contributed by atoms with Crippen molar-refractivity contribution in [3.8, 4) is 11.5 Å². The number of rotatable bonds is 2. The Hall–Kier alpha value is -1.97. The van der Waals surface area contributed by atoms with E-state index in [1.807, 2.05) is 12.1 Å². The number of hydrogen-bond donors (Lipinski definition) is 2. The smallest absolute Gasteiger partial charge is 0.165 e. The molecule has 66 valence electrons. The van der Waals surface area contributed by atoms with Crippen LogP contribution in [0.2, 0.25) is 0 Å². The van der Waals surface area contributed by atoms with E-state index in [1.165, 1.54) is 0 Å². The Labute approximate surface area is 75.3 Å². The second-order valence-corrected chi connectivity index (χ2v) is 2.61. The first kappa shape index (κ1) is 7.67. The molecule has 3 N–H and O–H groups in total. The van der Waals surface area contributed by atoms with Crippen molar-refractivity contribution in [2.45, 2.75) is 0 Å². The van der Waals surface area contributed by atoms with Crippen molar-refractivity contribution in [3.05, 3.63) is 36.7 Å². The lowest BCUT2D eigenvalue weighted by molar-refractivity contribution is 0.483. The molecule has 0 aliphatic carbocycles. The van der Waals surface area contributed by atoms with Crippen molar-refractivity contribution in [1.82, 2.24) is 10.2 Å². The SMILES string of the molecule is Nc1ccc(Oc2cn[nH]c2)cc1. The predicted octanol–water partition coefficient (Wildman–Crippen LogP) is 1.78. The highest BCUT2D eigenvalue weighted by Gasteiger charge is 1.96. The van der Waals surface area contributed by atoms with Crippen LogP contribution in [0.4, 0.5) is 5.69 Å². The second kappa shape index (κ2) is 3.18. The Morgan fingerprint density at radius 3 is 2.54 bits per heavy atom. The van der Waals surface area contributed by atoms with Crippen molar-refractivity contribution < 1.29 is 4.74 Å². The van der Waals surface area contributed by atoms with Gasteiger partial charge in [0.2, 0.25) is 0 Å². The Morgan fingerprint density at radius 2 is 1.92 bits per heavy atom. The van der Waals surface area contributed by atoms with E-state index in [2.05, 4.69) is 10.2 Å². The fourth-order valence-electron chi connectivity index (χ4n) is 0.967. The largest absolute Gasteiger partial charge is 0.454 e. The average molecular weight is 175 g/mol. The molecule has 1 heterocycles. The van der Waals surface area contributed by atoms with E-state index in [0.717, 1.165) is 11.4 Å². The Kier molecular flexibility index (Phi) is 1.88. The first-order chi connectivity index (χ1) is 6.34. The molecule has 0 atom stereocenters. The molecule has 4 heteroatoms. The van der Waals surface area contributed by atoms with Gasteiger partial charge in [-0.1, -0.05) is 0 Å².